The summed E-state index contributed by atoms with van der Waals surface area (Å²) in [6.45, 7) is 11.7. The Morgan fingerprint density at radius 3 is 2.43 bits per heavy atom. The number of nitrogens with one attached hydrogen (secondary N) is 1. The monoisotopic (exact) mass is 196 g/mol. The van der Waals surface area contributed by atoms with Crippen molar-refractivity contribution < 1.29 is 0 Å². The molecule has 0 spiro atoms. The molecular formula is C12H24N2. The van der Waals surface area contributed by atoms with E-state index < -0.39 is 0 Å². The van der Waals surface area contributed by atoms with Gasteiger partial charge in [-0.1, -0.05) is 0 Å². The first kappa shape index (κ1) is 10.4. The summed E-state index contributed by atoms with van der Waals surface area (Å²) in [5.74, 6) is 0.987. The van der Waals surface area contributed by atoms with E-state index in [0.29, 0.717) is 11.6 Å². The zero-order chi connectivity index (χ0) is 10.3. The van der Waals surface area contributed by atoms with Crippen LogP contribution in [0, 0.1) is 5.92 Å². The van der Waals surface area contributed by atoms with Crippen LogP contribution >= 0.6 is 0 Å². The molecule has 0 aromatic carbocycles. The van der Waals surface area contributed by atoms with Crippen LogP contribution in [0.2, 0.25) is 0 Å². The van der Waals surface area contributed by atoms with Crippen molar-refractivity contribution in [2.75, 3.05) is 13.1 Å². The van der Waals surface area contributed by atoms with E-state index >= 15 is 0 Å². The molecule has 1 heterocycles. The van der Waals surface area contributed by atoms with Gasteiger partial charge in [0.2, 0.25) is 0 Å². The molecule has 0 bridgehead atoms. The maximum Gasteiger partial charge on any atom is 0.0253 e. The van der Waals surface area contributed by atoms with Crippen LogP contribution in [0.3, 0.4) is 0 Å². The largest absolute Gasteiger partial charge is 0.309 e. The van der Waals surface area contributed by atoms with E-state index in [9.17, 15) is 0 Å². The Labute approximate surface area is 88.1 Å². The summed E-state index contributed by atoms with van der Waals surface area (Å²) in [4.78, 5) is 2.70. The van der Waals surface area contributed by atoms with Crippen molar-refractivity contribution >= 4 is 0 Å². The third kappa shape index (κ3) is 2.12. The second-order valence-electron chi connectivity index (χ2n) is 5.94. The second kappa shape index (κ2) is 3.49. The smallest absolute Gasteiger partial charge is 0.0253 e. The van der Waals surface area contributed by atoms with Crippen LogP contribution in [0.5, 0.6) is 0 Å². The highest BCUT2D eigenvalue weighted by molar-refractivity contribution is 4.99. The summed E-state index contributed by atoms with van der Waals surface area (Å²) >= 11 is 0. The minimum absolute atomic E-state index is 0.301. The van der Waals surface area contributed by atoms with Crippen LogP contribution < -0.4 is 5.32 Å². The lowest BCUT2D eigenvalue weighted by molar-refractivity contribution is 0.0558. The van der Waals surface area contributed by atoms with E-state index in [0.717, 1.165) is 12.0 Å². The van der Waals surface area contributed by atoms with Crippen LogP contribution in [-0.2, 0) is 0 Å². The Morgan fingerprint density at radius 1 is 1.29 bits per heavy atom. The molecule has 2 nitrogen and oxygen atoms in total. The Morgan fingerprint density at radius 2 is 1.93 bits per heavy atom. The second-order valence-corrected chi connectivity index (χ2v) is 5.94. The van der Waals surface area contributed by atoms with Crippen molar-refractivity contribution in [3.05, 3.63) is 0 Å². The number of nitrogens with zero attached hydrogens (tertiary/aromatic N) is 1. The standard InChI is InChI=1S/C12H24N2/c1-9(2)14-8-12(3,4)13-7-11(14)10-5-6-10/h9-11,13H,5-8H2,1-4H3. The average molecular weight is 196 g/mol. The van der Waals surface area contributed by atoms with Crippen LogP contribution in [-0.4, -0.2) is 35.6 Å². The van der Waals surface area contributed by atoms with Gasteiger partial charge < -0.3 is 5.32 Å². The van der Waals surface area contributed by atoms with Gasteiger partial charge in [-0.3, -0.25) is 4.90 Å². The maximum absolute atomic E-state index is 3.67. The van der Waals surface area contributed by atoms with Gasteiger partial charge in [0.05, 0.1) is 0 Å². The Hall–Kier alpha value is -0.0800. The number of hydrogen-bond donors (Lipinski definition) is 1. The minimum atomic E-state index is 0.301. The summed E-state index contributed by atoms with van der Waals surface area (Å²) in [6, 6.07) is 1.50. The highest BCUT2D eigenvalue weighted by Crippen LogP contribution is 2.37. The van der Waals surface area contributed by atoms with Gasteiger partial charge in [-0.05, 0) is 46.5 Å². The molecule has 2 heteroatoms. The van der Waals surface area contributed by atoms with Gasteiger partial charge in [0.15, 0.2) is 0 Å². The Bertz CT molecular complexity index is 206. The van der Waals surface area contributed by atoms with Crippen molar-refractivity contribution in [2.45, 2.75) is 58.2 Å². The summed E-state index contributed by atoms with van der Waals surface area (Å²) in [5.41, 5.74) is 0.301. The van der Waals surface area contributed by atoms with Gasteiger partial charge >= 0.3 is 0 Å². The number of rotatable bonds is 2. The molecule has 2 fully saturated rings. The lowest BCUT2D eigenvalue weighted by Crippen LogP contribution is -2.63. The molecule has 1 N–H and O–H groups in total. The first-order chi connectivity index (χ1) is 6.49. The summed E-state index contributed by atoms with van der Waals surface area (Å²) in [5, 5.41) is 3.67. The van der Waals surface area contributed by atoms with Gasteiger partial charge in [0.1, 0.15) is 0 Å². The molecule has 0 amide bonds. The van der Waals surface area contributed by atoms with Crippen LogP contribution in [0.15, 0.2) is 0 Å². The molecule has 1 saturated carbocycles. The molecule has 0 radical (unpaired) electrons. The lowest BCUT2D eigenvalue weighted by atomic mass is 9.95. The predicted octanol–water partition coefficient (Wildman–Crippen LogP) is 1.86. The van der Waals surface area contributed by atoms with Gasteiger partial charge in [0, 0.05) is 30.7 Å². The highest BCUT2D eigenvalue weighted by Gasteiger charge is 2.41. The fourth-order valence-electron chi connectivity index (χ4n) is 2.61. The SMILES string of the molecule is CC(C)N1CC(C)(C)NCC1C1CC1. The molecule has 82 valence electrons. The maximum atomic E-state index is 3.67. The third-order valence-corrected chi connectivity index (χ3v) is 3.62. The first-order valence-corrected chi connectivity index (χ1v) is 6.00. The predicted molar refractivity (Wildman–Crippen MR) is 60.4 cm³/mol. The van der Waals surface area contributed by atoms with E-state index in [1.165, 1.54) is 25.9 Å². The van der Waals surface area contributed by atoms with Crippen molar-refractivity contribution in [1.82, 2.24) is 10.2 Å². The molecule has 1 unspecified atom stereocenters. The van der Waals surface area contributed by atoms with Crippen molar-refractivity contribution in [3.8, 4) is 0 Å². The number of piperazine rings is 1. The van der Waals surface area contributed by atoms with Crippen molar-refractivity contribution in [1.29, 1.82) is 0 Å². The lowest BCUT2D eigenvalue weighted by Gasteiger charge is -2.47. The molecule has 1 atom stereocenters. The van der Waals surface area contributed by atoms with Crippen LogP contribution in [0.25, 0.3) is 0 Å². The summed E-state index contributed by atoms with van der Waals surface area (Å²) in [6.07, 6.45) is 2.91. The Balaban J connectivity index is 2.04. The molecule has 1 saturated heterocycles. The molecule has 2 rings (SSSR count). The molecule has 14 heavy (non-hydrogen) atoms. The molecule has 1 aliphatic carbocycles. The fourth-order valence-corrected chi connectivity index (χ4v) is 2.61. The van der Waals surface area contributed by atoms with E-state index in [-0.39, 0.29) is 0 Å². The number of hydrogen-bond acceptors (Lipinski definition) is 2. The topological polar surface area (TPSA) is 15.3 Å². The van der Waals surface area contributed by atoms with E-state index in [2.05, 4.69) is 37.9 Å². The molecule has 2 aliphatic rings. The zero-order valence-corrected chi connectivity index (χ0v) is 10.0. The van der Waals surface area contributed by atoms with E-state index in [1.54, 1.807) is 0 Å². The highest BCUT2D eigenvalue weighted by atomic mass is 15.3. The van der Waals surface area contributed by atoms with E-state index in [1.807, 2.05) is 0 Å². The average Bonchev–Trinajstić information content (AvgIpc) is 2.85. The third-order valence-electron chi connectivity index (χ3n) is 3.62. The van der Waals surface area contributed by atoms with Crippen molar-refractivity contribution in [3.63, 3.8) is 0 Å². The molecule has 0 aromatic heterocycles. The fraction of sp³-hybridized carbons (Fsp3) is 1.00. The van der Waals surface area contributed by atoms with Crippen LogP contribution in [0.4, 0.5) is 0 Å². The van der Waals surface area contributed by atoms with Gasteiger partial charge in [-0.15, -0.1) is 0 Å². The van der Waals surface area contributed by atoms with E-state index in [4.69, 9.17) is 0 Å². The van der Waals surface area contributed by atoms with Crippen molar-refractivity contribution in [2.24, 2.45) is 5.92 Å². The minimum Gasteiger partial charge on any atom is -0.309 e. The quantitative estimate of drug-likeness (QED) is 0.725. The van der Waals surface area contributed by atoms with Gasteiger partial charge in [0.25, 0.3) is 0 Å². The normalized spacial score (nSPS) is 33.6. The molecule has 1 aliphatic heterocycles. The van der Waals surface area contributed by atoms with Gasteiger partial charge in [-0.25, -0.2) is 0 Å². The summed E-state index contributed by atoms with van der Waals surface area (Å²) < 4.78 is 0. The van der Waals surface area contributed by atoms with Gasteiger partial charge in [-0.2, -0.15) is 0 Å². The molecule has 0 aromatic rings. The molecular weight excluding hydrogens is 172 g/mol. The Kier molecular flexibility index (Phi) is 2.61. The summed E-state index contributed by atoms with van der Waals surface area (Å²) in [7, 11) is 0. The zero-order valence-electron chi connectivity index (χ0n) is 10.0. The first-order valence-electron chi connectivity index (χ1n) is 6.00. The van der Waals surface area contributed by atoms with Crippen LogP contribution in [0.1, 0.15) is 40.5 Å².